The molecule has 13 heteroatoms. The Labute approximate surface area is 217 Å². The molecule has 10 nitrogen and oxygen atoms in total. The number of aromatic nitrogens is 3. The normalized spacial score (nSPS) is 14.1. The van der Waals surface area contributed by atoms with Crippen LogP contribution < -0.4 is 19.1 Å². The van der Waals surface area contributed by atoms with Crippen molar-refractivity contribution in [1.82, 2.24) is 14.9 Å². The van der Waals surface area contributed by atoms with Gasteiger partial charge in [-0.3, -0.25) is 9.40 Å². The van der Waals surface area contributed by atoms with Crippen LogP contribution >= 0.6 is 0 Å². The SMILES string of the molecule is COc1ccc(N2CCC(=C(F)F)CC2)cc1S(=O)(=O)Nc1noc2cc(Cn3cccn3)cc(OC)c12. The van der Waals surface area contributed by atoms with Gasteiger partial charge in [-0.1, -0.05) is 5.16 Å². The second kappa shape index (κ2) is 10.3. The van der Waals surface area contributed by atoms with Crippen molar-refractivity contribution in [2.24, 2.45) is 0 Å². The molecule has 0 bridgehead atoms. The van der Waals surface area contributed by atoms with Crippen LogP contribution in [-0.2, 0) is 16.6 Å². The van der Waals surface area contributed by atoms with E-state index >= 15 is 0 Å². The first kappa shape index (κ1) is 25.5. The van der Waals surface area contributed by atoms with Crippen molar-refractivity contribution >= 4 is 32.5 Å². The number of fused-ring (bicyclic) bond motifs is 1. The van der Waals surface area contributed by atoms with E-state index in [1.807, 2.05) is 17.2 Å². The summed E-state index contributed by atoms with van der Waals surface area (Å²) in [4.78, 5) is 1.74. The van der Waals surface area contributed by atoms with Gasteiger partial charge in [0.1, 0.15) is 21.8 Å². The smallest absolute Gasteiger partial charge is 0.269 e. The minimum Gasteiger partial charge on any atom is -0.496 e. The van der Waals surface area contributed by atoms with Crippen LogP contribution in [0.1, 0.15) is 18.4 Å². The highest BCUT2D eigenvalue weighted by atomic mass is 32.2. The monoisotopic (exact) mass is 545 g/mol. The van der Waals surface area contributed by atoms with Crippen LogP contribution in [0.25, 0.3) is 11.0 Å². The number of benzene rings is 2. The lowest BCUT2D eigenvalue weighted by Crippen LogP contribution is -2.31. The van der Waals surface area contributed by atoms with Gasteiger partial charge in [0.25, 0.3) is 16.1 Å². The summed E-state index contributed by atoms with van der Waals surface area (Å²) in [5.74, 6) is 0.456. The van der Waals surface area contributed by atoms with E-state index in [1.165, 1.54) is 26.4 Å². The number of halogens is 2. The number of sulfonamides is 1. The second-order valence-electron chi connectivity index (χ2n) is 8.70. The highest BCUT2D eigenvalue weighted by Crippen LogP contribution is 2.37. The van der Waals surface area contributed by atoms with Crippen LogP contribution in [0.4, 0.5) is 20.3 Å². The molecule has 0 radical (unpaired) electrons. The Bertz CT molecular complexity index is 1590. The first-order valence-electron chi connectivity index (χ1n) is 11.7. The van der Waals surface area contributed by atoms with Gasteiger partial charge < -0.3 is 18.9 Å². The number of methoxy groups -OCH3 is 2. The summed E-state index contributed by atoms with van der Waals surface area (Å²) in [6, 6.07) is 10.0. The number of rotatable bonds is 8. The molecule has 38 heavy (non-hydrogen) atoms. The summed E-state index contributed by atoms with van der Waals surface area (Å²) in [6.07, 6.45) is 2.26. The van der Waals surface area contributed by atoms with Crippen molar-refractivity contribution in [3.63, 3.8) is 0 Å². The van der Waals surface area contributed by atoms with E-state index in [0.717, 1.165) is 5.56 Å². The van der Waals surface area contributed by atoms with Crippen LogP contribution in [0.2, 0.25) is 0 Å². The fourth-order valence-corrected chi connectivity index (χ4v) is 5.67. The molecule has 0 aliphatic carbocycles. The van der Waals surface area contributed by atoms with E-state index in [2.05, 4.69) is 15.0 Å². The molecule has 0 spiro atoms. The lowest BCUT2D eigenvalue weighted by molar-refractivity contribution is 0.399. The number of piperidine rings is 1. The van der Waals surface area contributed by atoms with E-state index in [4.69, 9.17) is 14.0 Å². The van der Waals surface area contributed by atoms with Crippen molar-refractivity contribution in [2.45, 2.75) is 24.3 Å². The summed E-state index contributed by atoms with van der Waals surface area (Å²) < 4.78 is 73.5. The molecule has 200 valence electrons. The minimum atomic E-state index is -4.20. The van der Waals surface area contributed by atoms with Crippen LogP contribution in [0.5, 0.6) is 11.5 Å². The summed E-state index contributed by atoms with van der Waals surface area (Å²) in [5.41, 5.74) is 1.87. The van der Waals surface area contributed by atoms with Crippen LogP contribution in [0, 0.1) is 0 Å². The van der Waals surface area contributed by atoms with Crippen LogP contribution in [0.3, 0.4) is 0 Å². The molecule has 0 saturated carbocycles. The zero-order chi connectivity index (χ0) is 26.9. The molecule has 4 aromatic rings. The molecule has 1 saturated heterocycles. The number of hydrogen-bond acceptors (Lipinski definition) is 8. The van der Waals surface area contributed by atoms with Crippen molar-refractivity contribution in [2.75, 3.05) is 36.9 Å². The predicted octanol–water partition coefficient (Wildman–Crippen LogP) is 4.64. The zero-order valence-corrected chi connectivity index (χ0v) is 21.5. The predicted molar refractivity (Wildman–Crippen MR) is 136 cm³/mol. The maximum absolute atomic E-state index is 13.5. The first-order chi connectivity index (χ1) is 18.3. The molecule has 1 fully saturated rings. The number of nitrogens with one attached hydrogen (secondary N) is 1. The van der Waals surface area contributed by atoms with Crippen molar-refractivity contribution < 1.29 is 31.2 Å². The molecular formula is C25H25F2N5O5S. The standard InChI is InChI=1S/C25H25F2N5O5S/c1-35-19-5-4-18(31-10-6-17(7-11-31)24(26)27)14-22(19)38(33,34)30-25-23-20(36-2)12-16(13-21(23)37-29-25)15-32-9-3-8-28-32/h3-5,8-9,12-14H,6-7,10-11,15H2,1-2H3,(H,29,30). The summed E-state index contributed by atoms with van der Waals surface area (Å²) in [5, 5.41) is 8.50. The van der Waals surface area contributed by atoms with Crippen molar-refractivity contribution in [3.05, 3.63) is 66.0 Å². The Balaban J connectivity index is 1.45. The van der Waals surface area contributed by atoms with Gasteiger partial charge in [0.05, 0.1) is 20.8 Å². The second-order valence-corrected chi connectivity index (χ2v) is 10.3. The van der Waals surface area contributed by atoms with Crippen LogP contribution in [0.15, 0.2) is 69.9 Å². The molecule has 5 rings (SSSR count). The average molecular weight is 546 g/mol. The fourth-order valence-electron chi connectivity index (χ4n) is 4.47. The largest absolute Gasteiger partial charge is 0.496 e. The Morgan fingerprint density at radius 3 is 2.53 bits per heavy atom. The van der Waals surface area contributed by atoms with E-state index in [0.29, 0.717) is 42.0 Å². The number of hydrogen-bond donors (Lipinski definition) is 1. The van der Waals surface area contributed by atoms with Crippen LogP contribution in [-0.4, -0.2) is 50.7 Å². The minimum absolute atomic E-state index is 0.0406. The van der Waals surface area contributed by atoms with Gasteiger partial charge in [-0.2, -0.15) is 13.9 Å². The maximum atomic E-state index is 13.5. The molecule has 0 atom stereocenters. The summed E-state index contributed by atoms with van der Waals surface area (Å²) >= 11 is 0. The zero-order valence-electron chi connectivity index (χ0n) is 20.6. The molecule has 1 N–H and O–H groups in total. The van der Waals surface area contributed by atoms with Gasteiger partial charge in [-0.15, -0.1) is 0 Å². The number of ether oxygens (including phenoxy) is 2. The summed E-state index contributed by atoms with van der Waals surface area (Å²) in [6.45, 7) is 1.15. The fraction of sp³-hybridized carbons (Fsp3) is 0.280. The molecule has 0 amide bonds. The van der Waals surface area contributed by atoms with E-state index < -0.39 is 16.1 Å². The molecule has 1 aliphatic heterocycles. The highest BCUT2D eigenvalue weighted by molar-refractivity contribution is 7.92. The molecule has 0 unspecified atom stereocenters. The Hall–Kier alpha value is -4.13. The lowest BCUT2D eigenvalue weighted by Gasteiger charge is -2.30. The van der Waals surface area contributed by atoms with Gasteiger partial charge in [0.2, 0.25) is 0 Å². The number of anilines is 2. The number of nitrogens with zero attached hydrogens (tertiary/aromatic N) is 4. The third-order valence-corrected chi connectivity index (χ3v) is 7.75. The van der Waals surface area contributed by atoms with Gasteiger partial charge in [-0.05, 0) is 60.4 Å². The van der Waals surface area contributed by atoms with Gasteiger partial charge in [-0.25, -0.2) is 8.42 Å². The van der Waals surface area contributed by atoms with E-state index in [1.54, 1.807) is 29.1 Å². The van der Waals surface area contributed by atoms with Crippen molar-refractivity contribution in [3.8, 4) is 11.5 Å². The molecule has 2 aromatic heterocycles. The average Bonchev–Trinajstić information content (AvgIpc) is 3.57. The first-order valence-corrected chi connectivity index (χ1v) is 13.2. The maximum Gasteiger partial charge on any atom is 0.269 e. The van der Waals surface area contributed by atoms with Gasteiger partial charge in [0, 0.05) is 31.2 Å². The lowest BCUT2D eigenvalue weighted by atomic mass is 10.0. The Morgan fingerprint density at radius 2 is 1.87 bits per heavy atom. The highest BCUT2D eigenvalue weighted by Gasteiger charge is 2.26. The topological polar surface area (TPSA) is 112 Å². The molecular weight excluding hydrogens is 520 g/mol. The van der Waals surface area contributed by atoms with Crippen molar-refractivity contribution in [1.29, 1.82) is 0 Å². The van der Waals surface area contributed by atoms with Gasteiger partial charge >= 0.3 is 0 Å². The molecule has 3 heterocycles. The Morgan fingerprint density at radius 1 is 1.11 bits per heavy atom. The summed E-state index contributed by atoms with van der Waals surface area (Å²) in [7, 11) is -1.36. The molecule has 1 aliphatic rings. The van der Waals surface area contributed by atoms with E-state index in [-0.39, 0.29) is 34.9 Å². The van der Waals surface area contributed by atoms with Gasteiger partial charge in [0.15, 0.2) is 11.4 Å². The van der Waals surface area contributed by atoms with E-state index in [9.17, 15) is 17.2 Å². The Kier molecular flexibility index (Phi) is 6.93. The molecule has 2 aromatic carbocycles. The third kappa shape index (κ3) is 5.01. The third-order valence-electron chi connectivity index (χ3n) is 6.39. The quantitative estimate of drug-likeness (QED) is 0.341.